The first kappa shape index (κ1) is 14.4. The SMILES string of the molecule is COc1cc(C(=O)N2CCCc3cc(N)ccc32)ccc1C. The lowest BCUT2D eigenvalue weighted by Gasteiger charge is -2.30. The lowest BCUT2D eigenvalue weighted by molar-refractivity contribution is 0.0985. The van der Waals surface area contributed by atoms with E-state index in [2.05, 4.69) is 0 Å². The summed E-state index contributed by atoms with van der Waals surface area (Å²) in [6.07, 6.45) is 1.91. The van der Waals surface area contributed by atoms with E-state index in [0.29, 0.717) is 5.56 Å². The zero-order valence-corrected chi connectivity index (χ0v) is 12.9. The number of methoxy groups -OCH3 is 1. The molecule has 4 heteroatoms. The standard InChI is InChI=1S/C18H20N2O2/c1-12-5-6-14(11-17(12)22-2)18(21)20-9-3-4-13-10-15(19)7-8-16(13)20/h5-8,10-11H,3-4,9,19H2,1-2H3. The Balaban J connectivity index is 1.97. The first-order valence-electron chi connectivity index (χ1n) is 7.45. The molecule has 114 valence electrons. The number of carbonyl (C=O) groups is 1. The van der Waals surface area contributed by atoms with Gasteiger partial charge in [0, 0.05) is 23.5 Å². The number of amides is 1. The number of carbonyl (C=O) groups excluding carboxylic acids is 1. The Hall–Kier alpha value is -2.49. The van der Waals surface area contributed by atoms with Crippen LogP contribution in [0.4, 0.5) is 11.4 Å². The number of hydrogen-bond acceptors (Lipinski definition) is 3. The summed E-state index contributed by atoms with van der Waals surface area (Å²) in [5.41, 5.74) is 10.4. The van der Waals surface area contributed by atoms with Crippen molar-refractivity contribution in [2.45, 2.75) is 19.8 Å². The predicted octanol–water partition coefficient (Wildman–Crippen LogP) is 3.18. The number of hydrogen-bond donors (Lipinski definition) is 1. The average Bonchev–Trinajstić information content (AvgIpc) is 2.53. The first-order valence-corrected chi connectivity index (χ1v) is 7.45. The van der Waals surface area contributed by atoms with E-state index in [1.807, 2.05) is 48.2 Å². The summed E-state index contributed by atoms with van der Waals surface area (Å²) in [5, 5.41) is 0. The number of aryl methyl sites for hydroxylation is 2. The molecule has 0 atom stereocenters. The van der Waals surface area contributed by atoms with Crippen LogP contribution < -0.4 is 15.4 Å². The van der Waals surface area contributed by atoms with Gasteiger partial charge in [0.1, 0.15) is 5.75 Å². The Morgan fingerprint density at radius 3 is 2.82 bits per heavy atom. The Kier molecular flexibility index (Phi) is 3.75. The van der Waals surface area contributed by atoms with E-state index in [0.717, 1.165) is 47.6 Å². The molecule has 2 aromatic rings. The average molecular weight is 296 g/mol. The van der Waals surface area contributed by atoms with E-state index in [4.69, 9.17) is 10.5 Å². The van der Waals surface area contributed by atoms with Gasteiger partial charge in [0.25, 0.3) is 5.91 Å². The van der Waals surface area contributed by atoms with Gasteiger partial charge in [-0.05, 0) is 61.2 Å². The van der Waals surface area contributed by atoms with Gasteiger partial charge in [0.2, 0.25) is 0 Å². The van der Waals surface area contributed by atoms with Crippen molar-refractivity contribution >= 4 is 17.3 Å². The number of ether oxygens (including phenoxy) is 1. The van der Waals surface area contributed by atoms with E-state index in [9.17, 15) is 4.79 Å². The number of anilines is 2. The van der Waals surface area contributed by atoms with Gasteiger partial charge in [-0.1, -0.05) is 6.07 Å². The quantitative estimate of drug-likeness (QED) is 0.866. The minimum absolute atomic E-state index is 0.00372. The van der Waals surface area contributed by atoms with Crippen LogP contribution in [0.3, 0.4) is 0 Å². The number of nitrogens with two attached hydrogens (primary N) is 1. The second-order valence-electron chi connectivity index (χ2n) is 5.63. The molecule has 0 radical (unpaired) electrons. The van der Waals surface area contributed by atoms with Gasteiger partial charge in [0.15, 0.2) is 0 Å². The molecule has 0 aliphatic carbocycles. The fourth-order valence-corrected chi connectivity index (χ4v) is 2.94. The summed E-state index contributed by atoms with van der Waals surface area (Å²) in [6, 6.07) is 11.3. The number of benzene rings is 2. The summed E-state index contributed by atoms with van der Waals surface area (Å²) < 4.78 is 5.32. The van der Waals surface area contributed by atoms with Crippen molar-refractivity contribution in [2.24, 2.45) is 0 Å². The largest absolute Gasteiger partial charge is 0.496 e. The van der Waals surface area contributed by atoms with Crippen LogP contribution in [0.2, 0.25) is 0 Å². The normalized spacial score (nSPS) is 13.6. The van der Waals surface area contributed by atoms with Crippen LogP contribution in [0, 0.1) is 6.92 Å². The third-order valence-corrected chi connectivity index (χ3v) is 4.12. The van der Waals surface area contributed by atoms with E-state index < -0.39 is 0 Å². The van der Waals surface area contributed by atoms with E-state index >= 15 is 0 Å². The maximum Gasteiger partial charge on any atom is 0.258 e. The van der Waals surface area contributed by atoms with Crippen LogP contribution in [-0.4, -0.2) is 19.6 Å². The van der Waals surface area contributed by atoms with Gasteiger partial charge in [-0.2, -0.15) is 0 Å². The van der Waals surface area contributed by atoms with Crippen molar-refractivity contribution in [2.75, 3.05) is 24.3 Å². The Morgan fingerprint density at radius 1 is 1.23 bits per heavy atom. The van der Waals surface area contributed by atoms with Crippen molar-refractivity contribution in [3.8, 4) is 5.75 Å². The van der Waals surface area contributed by atoms with Gasteiger partial charge < -0.3 is 15.4 Å². The molecule has 0 saturated heterocycles. The molecule has 0 fully saturated rings. The Morgan fingerprint density at radius 2 is 2.05 bits per heavy atom. The molecule has 0 spiro atoms. The van der Waals surface area contributed by atoms with Gasteiger partial charge >= 0.3 is 0 Å². The highest BCUT2D eigenvalue weighted by molar-refractivity contribution is 6.07. The zero-order chi connectivity index (χ0) is 15.7. The molecule has 1 amide bonds. The smallest absolute Gasteiger partial charge is 0.258 e. The lowest BCUT2D eigenvalue weighted by atomic mass is 10.00. The van der Waals surface area contributed by atoms with Gasteiger partial charge in [-0.15, -0.1) is 0 Å². The van der Waals surface area contributed by atoms with Crippen LogP contribution in [0.25, 0.3) is 0 Å². The molecule has 2 aromatic carbocycles. The number of nitrogen functional groups attached to an aromatic ring is 1. The molecule has 1 aliphatic heterocycles. The highest BCUT2D eigenvalue weighted by Gasteiger charge is 2.24. The molecule has 0 aromatic heterocycles. The Bertz CT molecular complexity index is 725. The van der Waals surface area contributed by atoms with Crippen molar-refractivity contribution < 1.29 is 9.53 Å². The van der Waals surface area contributed by atoms with Gasteiger partial charge in [-0.25, -0.2) is 0 Å². The molecular weight excluding hydrogens is 276 g/mol. The highest BCUT2D eigenvalue weighted by atomic mass is 16.5. The van der Waals surface area contributed by atoms with Crippen LogP contribution in [0.5, 0.6) is 5.75 Å². The van der Waals surface area contributed by atoms with E-state index in [1.54, 1.807) is 7.11 Å². The molecular formula is C18H20N2O2. The maximum absolute atomic E-state index is 12.9. The predicted molar refractivity (Wildman–Crippen MR) is 88.6 cm³/mol. The number of nitrogens with zero attached hydrogens (tertiary/aromatic N) is 1. The van der Waals surface area contributed by atoms with Crippen molar-refractivity contribution in [1.82, 2.24) is 0 Å². The molecule has 22 heavy (non-hydrogen) atoms. The van der Waals surface area contributed by atoms with E-state index in [1.165, 1.54) is 0 Å². The fraction of sp³-hybridized carbons (Fsp3) is 0.278. The summed E-state index contributed by atoms with van der Waals surface area (Å²) in [7, 11) is 1.62. The van der Waals surface area contributed by atoms with E-state index in [-0.39, 0.29) is 5.91 Å². The molecule has 0 bridgehead atoms. The van der Waals surface area contributed by atoms with Crippen molar-refractivity contribution in [1.29, 1.82) is 0 Å². The summed E-state index contributed by atoms with van der Waals surface area (Å²) in [6.45, 7) is 2.69. The lowest BCUT2D eigenvalue weighted by Crippen LogP contribution is -2.35. The Labute approximate surface area is 130 Å². The molecule has 0 unspecified atom stereocenters. The first-order chi connectivity index (χ1) is 10.6. The van der Waals surface area contributed by atoms with Gasteiger partial charge in [-0.3, -0.25) is 4.79 Å². The third kappa shape index (κ3) is 2.52. The second kappa shape index (κ2) is 5.72. The van der Waals surface area contributed by atoms with Crippen molar-refractivity contribution in [3.05, 3.63) is 53.1 Å². The number of fused-ring (bicyclic) bond motifs is 1. The van der Waals surface area contributed by atoms with Crippen LogP contribution in [0.15, 0.2) is 36.4 Å². The van der Waals surface area contributed by atoms with Gasteiger partial charge in [0.05, 0.1) is 7.11 Å². The van der Waals surface area contributed by atoms with Crippen molar-refractivity contribution in [3.63, 3.8) is 0 Å². The molecule has 0 saturated carbocycles. The third-order valence-electron chi connectivity index (χ3n) is 4.12. The monoisotopic (exact) mass is 296 g/mol. The molecule has 4 nitrogen and oxygen atoms in total. The summed E-state index contributed by atoms with van der Waals surface area (Å²) >= 11 is 0. The number of rotatable bonds is 2. The maximum atomic E-state index is 12.9. The fourth-order valence-electron chi connectivity index (χ4n) is 2.94. The molecule has 1 aliphatic rings. The van der Waals surface area contributed by atoms with Crippen LogP contribution >= 0.6 is 0 Å². The molecule has 3 rings (SSSR count). The van der Waals surface area contributed by atoms with Crippen LogP contribution in [0.1, 0.15) is 27.9 Å². The minimum Gasteiger partial charge on any atom is -0.496 e. The molecule has 2 N–H and O–H groups in total. The van der Waals surface area contributed by atoms with Crippen LogP contribution in [-0.2, 0) is 6.42 Å². The minimum atomic E-state index is 0.00372. The zero-order valence-electron chi connectivity index (χ0n) is 12.9. The summed E-state index contributed by atoms with van der Waals surface area (Å²) in [5.74, 6) is 0.740. The molecule has 1 heterocycles. The summed E-state index contributed by atoms with van der Waals surface area (Å²) in [4.78, 5) is 14.7. The highest BCUT2D eigenvalue weighted by Crippen LogP contribution is 2.30. The topological polar surface area (TPSA) is 55.6 Å². The second-order valence-corrected chi connectivity index (χ2v) is 5.63.